The quantitative estimate of drug-likeness (QED) is 0.104. The highest BCUT2D eigenvalue weighted by Gasteiger charge is 2.29. The van der Waals surface area contributed by atoms with E-state index in [1.54, 1.807) is 0 Å². The molecule has 3 atom stereocenters. The second kappa shape index (κ2) is 15.5. The molecular weight excluding hydrogens is 430 g/mol. The van der Waals surface area contributed by atoms with Crippen LogP contribution in [-0.4, -0.2) is 82.2 Å². The van der Waals surface area contributed by atoms with Gasteiger partial charge in [-0.15, -0.1) is 0 Å². The Morgan fingerprint density at radius 1 is 0.656 bits per heavy atom. The molecule has 0 aliphatic heterocycles. The van der Waals surface area contributed by atoms with E-state index >= 15 is 0 Å². The number of rotatable bonds is 17. The minimum absolute atomic E-state index is 0.179. The van der Waals surface area contributed by atoms with Gasteiger partial charge in [-0.3, -0.25) is 24.0 Å². The van der Waals surface area contributed by atoms with Crippen LogP contribution in [0.3, 0.4) is 0 Å². The van der Waals surface area contributed by atoms with Crippen LogP contribution in [0, 0.1) is 0 Å². The zero-order valence-electron chi connectivity index (χ0n) is 17.5. The molecule has 0 aliphatic carbocycles. The molecule has 0 heterocycles. The van der Waals surface area contributed by atoms with Gasteiger partial charge in [0.2, 0.25) is 17.7 Å². The molecule has 0 aromatic heterocycles. The first-order chi connectivity index (χ1) is 15.0. The second-order valence-electron chi connectivity index (χ2n) is 6.93. The van der Waals surface area contributed by atoms with Gasteiger partial charge >= 0.3 is 17.9 Å². The smallest absolute Gasteiger partial charge is 0.326 e. The summed E-state index contributed by atoms with van der Waals surface area (Å²) in [6.45, 7) is -0.0246. The number of hydrogen-bond acceptors (Lipinski definition) is 8. The summed E-state index contributed by atoms with van der Waals surface area (Å²) < 4.78 is 0. The third-order valence-corrected chi connectivity index (χ3v) is 4.33. The highest BCUT2D eigenvalue weighted by Crippen LogP contribution is 2.06. The Balaban J connectivity index is 5.40. The van der Waals surface area contributed by atoms with Crippen LogP contribution in [0.5, 0.6) is 0 Å². The Kier molecular flexibility index (Phi) is 13.9. The largest absolute Gasteiger partial charge is 0.481 e. The molecule has 32 heavy (non-hydrogen) atoms. The normalized spacial score (nSPS) is 13.3. The van der Waals surface area contributed by atoms with E-state index in [0.717, 1.165) is 0 Å². The fraction of sp³-hybridized carbons (Fsp3) is 0.667. The molecule has 0 rings (SSSR count). The van der Waals surface area contributed by atoms with Crippen molar-refractivity contribution >= 4 is 35.6 Å². The van der Waals surface area contributed by atoms with Crippen molar-refractivity contribution < 1.29 is 44.1 Å². The molecule has 0 aliphatic rings. The molecular formula is C18H31N5O9. The fourth-order valence-electron chi connectivity index (χ4n) is 2.62. The second-order valence-corrected chi connectivity index (χ2v) is 6.93. The molecule has 0 saturated heterocycles. The van der Waals surface area contributed by atoms with Crippen molar-refractivity contribution in [2.45, 2.75) is 63.1 Å². The molecule has 0 spiro atoms. The number of unbranched alkanes of at least 4 members (excludes halogenated alkanes) is 1. The maximum Gasteiger partial charge on any atom is 0.326 e. The van der Waals surface area contributed by atoms with Crippen LogP contribution in [0.25, 0.3) is 0 Å². The van der Waals surface area contributed by atoms with E-state index in [1.807, 2.05) is 0 Å². The number of carbonyl (C=O) groups is 6. The first-order valence-corrected chi connectivity index (χ1v) is 9.98. The number of amides is 3. The maximum atomic E-state index is 12.7. The predicted octanol–water partition coefficient (Wildman–Crippen LogP) is -2.66. The van der Waals surface area contributed by atoms with E-state index in [9.17, 15) is 33.9 Å². The third kappa shape index (κ3) is 12.4. The Morgan fingerprint density at radius 3 is 1.56 bits per heavy atom. The third-order valence-electron chi connectivity index (χ3n) is 4.33. The zero-order chi connectivity index (χ0) is 24.7. The number of aliphatic carboxylic acids is 3. The van der Waals surface area contributed by atoms with Gasteiger partial charge in [0.1, 0.15) is 18.1 Å². The molecule has 0 fully saturated rings. The topological polar surface area (TPSA) is 251 Å². The summed E-state index contributed by atoms with van der Waals surface area (Å²) in [5, 5.41) is 33.7. The fourth-order valence-corrected chi connectivity index (χ4v) is 2.62. The van der Waals surface area contributed by atoms with Gasteiger partial charge in [-0.05, 0) is 38.6 Å². The van der Waals surface area contributed by atoms with Gasteiger partial charge < -0.3 is 42.7 Å². The van der Waals surface area contributed by atoms with Crippen molar-refractivity contribution in [2.24, 2.45) is 11.5 Å². The number of carbonyl (C=O) groups excluding carboxylic acids is 3. The van der Waals surface area contributed by atoms with E-state index in [4.69, 9.17) is 21.7 Å². The Hall–Kier alpha value is -3.26. The van der Waals surface area contributed by atoms with Gasteiger partial charge in [0.25, 0.3) is 0 Å². The molecule has 0 saturated carbocycles. The lowest BCUT2D eigenvalue weighted by atomic mass is 10.1. The van der Waals surface area contributed by atoms with Crippen LogP contribution in [0.2, 0.25) is 0 Å². The average Bonchev–Trinajstić information content (AvgIpc) is 2.72. The Morgan fingerprint density at radius 2 is 1.12 bits per heavy atom. The van der Waals surface area contributed by atoms with Crippen molar-refractivity contribution in [3.05, 3.63) is 0 Å². The highest BCUT2D eigenvalue weighted by atomic mass is 16.4. The maximum absolute atomic E-state index is 12.7. The van der Waals surface area contributed by atoms with E-state index in [2.05, 4.69) is 16.0 Å². The number of nitrogens with two attached hydrogens (primary N) is 2. The Labute approximate surface area is 184 Å². The van der Waals surface area contributed by atoms with E-state index in [0.29, 0.717) is 19.4 Å². The lowest BCUT2D eigenvalue weighted by Gasteiger charge is -2.24. The van der Waals surface area contributed by atoms with Gasteiger partial charge in [0, 0.05) is 12.8 Å². The summed E-state index contributed by atoms with van der Waals surface area (Å²) in [6.07, 6.45) is -0.603. The molecule has 3 amide bonds. The number of carboxylic acid groups (broad SMARTS) is 3. The molecule has 0 aromatic rings. The molecule has 3 unspecified atom stereocenters. The molecule has 14 heteroatoms. The Bertz CT molecular complexity index is 686. The van der Waals surface area contributed by atoms with Crippen LogP contribution in [-0.2, 0) is 28.8 Å². The first-order valence-electron chi connectivity index (χ1n) is 9.98. The van der Waals surface area contributed by atoms with E-state index < -0.39 is 73.0 Å². The summed E-state index contributed by atoms with van der Waals surface area (Å²) in [5.74, 6) is -6.41. The number of carboxylic acids is 3. The van der Waals surface area contributed by atoms with Crippen molar-refractivity contribution in [2.75, 3.05) is 13.1 Å². The predicted molar refractivity (Wildman–Crippen MR) is 109 cm³/mol. The number of hydrogen-bond donors (Lipinski definition) is 8. The van der Waals surface area contributed by atoms with Crippen LogP contribution in [0.1, 0.15) is 44.9 Å². The summed E-state index contributed by atoms with van der Waals surface area (Å²) in [5.41, 5.74) is 10.7. The van der Waals surface area contributed by atoms with E-state index in [1.165, 1.54) is 0 Å². The summed E-state index contributed by atoms with van der Waals surface area (Å²) in [6, 6.07) is -4.06. The van der Waals surface area contributed by atoms with Crippen LogP contribution in [0.15, 0.2) is 0 Å². The zero-order valence-corrected chi connectivity index (χ0v) is 17.5. The minimum atomic E-state index is -1.56. The van der Waals surface area contributed by atoms with Gasteiger partial charge in [-0.2, -0.15) is 0 Å². The van der Waals surface area contributed by atoms with Crippen molar-refractivity contribution in [3.8, 4) is 0 Å². The summed E-state index contributed by atoms with van der Waals surface area (Å²) in [4.78, 5) is 69.8. The standard InChI is InChI=1S/C18H31N5O9/c19-8-2-1-3-10(21-13(24)9-20)16(29)22-11(4-6-14(25)26)17(30)23-12(18(31)32)5-7-15(27)28/h10-12H,1-9,19-20H2,(H,21,24)(H,22,29)(H,23,30)(H,25,26)(H,27,28)(H,31,32). The summed E-state index contributed by atoms with van der Waals surface area (Å²) in [7, 11) is 0. The first kappa shape index (κ1) is 28.7. The van der Waals surface area contributed by atoms with Crippen LogP contribution < -0.4 is 27.4 Å². The monoisotopic (exact) mass is 461 g/mol. The lowest BCUT2D eigenvalue weighted by Crippen LogP contribution is -2.56. The van der Waals surface area contributed by atoms with Crippen molar-refractivity contribution in [1.82, 2.24) is 16.0 Å². The SMILES string of the molecule is NCCCCC(NC(=O)CN)C(=O)NC(CCC(=O)O)C(=O)NC(CCC(=O)O)C(=O)O. The summed E-state index contributed by atoms with van der Waals surface area (Å²) >= 11 is 0. The molecule has 0 aromatic carbocycles. The van der Waals surface area contributed by atoms with Gasteiger partial charge in [-0.1, -0.05) is 0 Å². The lowest BCUT2D eigenvalue weighted by molar-refractivity contribution is -0.144. The van der Waals surface area contributed by atoms with Gasteiger partial charge in [0.05, 0.1) is 6.54 Å². The average molecular weight is 461 g/mol. The van der Waals surface area contributed by atoms with Gasteiger partial charge in [-0.25, -0.2) is 4.79 Å². The molecule has 182 valence electrons. The van der Waals surface area contributed by atoms with Crippen LogP contribution >= 0.6 is 0 Å². The van der Waals surface area contributed by atoms with Crippen molar-refractivity contribution in [1.29, 1.82) is 0 Å². The molecule has 10 N–H and O–H groups in total. The molecule has 0 radical (unpaired) electrons. The van der Waals surface area contributed by atoms with E-state index in [-0.39, 0.29) is 19.4 Å². The van der Waals surface area contributed by atoms with Crippen LogP contribution in [0.4, 0.5) is 0 Å². The van der Waals surface area contributed by atoms with Crippen molar-refractivity contribution in [3.63, 3.8) is 0 Å². The minimum Gasteiger partial charge on any atom is -0.481 e. The van der Waals surface area contributed by atoms with Gasteiger partial charge in [0.15, 0.2) is 0 Å². The number of nitrogens with one attached hydrogen (secondary N) is 3. The molecule has 0 bridgehead atoms. The highest BCUT2D eigenvalue weighted by molar-refractivity contribution is 5.93. The molecule has 14 nitrogen and oxygen atoms in total.